The summed E-state index contributed by atoms with van der Waals surface area (Å²) in [5.41, 5.74) is 0. The second kappa shape index (κ2) is 6.74. The van der Waals surface area contributed by atoms with Crippen molar-refractivity contribution >= 4 is 17.7 Å². The van der Waals surface area contributed by atoms with Gasteiger partial charge in [0, 0.05) is 6.07 Å². The van der Waals surface area contributed by atoms with Crippen molar-refractivity contribution in [3.05, 3.63) is 12.3 Å². The lowest BCUT2D eigenvalue weighted by Gasteiger charge is -2.19. The predicted molar refractivity (Wildman–Crippen MR) is 78.7 cm³/mol. The van der Waals surface area contributed by atoms with Crippen molar-refractivity contribution in [2.75, 3.05) is 12.4 Å². The average Bonchev–Trinajstić information content (AvgIpc) is 3.14. The molecule has 3 atom stereocenters. The van der Waals surface area contributed by atoms with Crippen LogP contribution in [0, 0.1) is 11.8 Å². The Labute approximate surface area is 124 Å². The van der Waals surface area contributed by atoms with Crippen molar-refractivity contribution in [1.29, 1.82) is 0 Å². The van der Waals surface area contributed by atoms with Crippen LogP contribution in [0.15, 0.2) is 12.3 Å². The Kier molecular flexibility index (Phi) is 4.98. The second-order valence-electron chi connectivity index (χ2n) is 5.57. The van der Waals surface area contributed by atoms with Crippen LogP contribution in [0.5, 0.6) is 0 Å². The lowest BCUT2D eigenvalue weighted by Crippen LogP contribution is -2.31. The number of methoxy groups -OCH3 is 1. The minimum absolute atomic E-state index is 0.118. The average molecular weight is 293 g/mol. The Morgan fingerprint density at radius 2 is 2.19 bits per heavy atom. The van der Waals surface area contributed by atoms with E-state index in [9.17, 15) is 9.59 Å². The number of anilines is 1. The van der Waals surface area contributed by atoms with Gasteiger partial charge in [0.15, 0.2) is 0 Å². The topological polar surface area (TPSA) is 73.2 Å². The SMILES string of the molecule is CC[C@H](C)n1nccc1NC(=O)[C@@H]1CCC[C@H]1C(=O)OC. The van der Waals surface area contributed by atoms with Crippen LogP contribution in [-0.4, -0.2) is 28.8 Å². The lowest BCUT2D eigenvalue weighted by atomic mass is 9.95. The standard InChI is InChI=1S/C15H23N3O3/c1-4-10(2)18-13(8-9-16-18)17-14(19)11-6-5-7-12(11)15(20)21-3/h8-12H,4-7H2,1-3H3,(H,17,19)/t10-,11+,12+/m0/s1. The molecular weight excluding hydrogens is 270 g/mol. The first-order valence-corrected chi connectivity index (χ1v) is 7.50. The van der Waals surface area contributed by atoms with Gasteiger partial charge in [-0.2, -0.15) is 5.10 Å². The molecule has 0 saturated heterocycles. The summed E-state index contributed by atoms with van der Waals surface area (Å²) in [6.07, 6.45) is 4.92. The third kappa shape index (κ3) is 3.25. The number of nitrogens with one attached hydrogen (secondary N) is 1. The molecule has 1 saturated carbocycles. The lowest BCUT2D eigenvalue weighted by molar-refractivity contribution is -0.148. The van der Waals surface area contributed by atoms with Crippen molar-refractivity contribution in [3.8, 4) is 0 Å². The van der Waals surface area contributed by atoms with E-state index in [-0.39, 0.29) is 29.8 Å². The fraction of sp³-hybridized carbons (Fsp3) is 0.667. The third-order valence-electron chi connectivity index (χ3n) is 4.29. The fourth-order valence-electron chi connectivity index (χ4n) is 2.86. The number of nitrogens with zero attached hydrogens (tertiary/aromatic N) is 2. The summed E-state index contributed by atoms with van der Waals surface area (Å²) in [5.74, 6) is -0.353. The molecule has 0 bridgehead atoms. The second-order valence-corrected chi connectivity index (χ2v) is 5.57. The Bertz CT molecular complexity index is 512. The highest BCUT2D eigenvalue weighted by molar-refractivity contribution is 5.95. The molecule has 0 aromatic carbocycles. The molecule has 1 aromatic rings. The molecule has 1 aliphatic rings. The zero-order chi connectivity index (χ0) is 15.4. The van der Waals surface area contributed by atoms with Crippen LogP contribution in [0.4, 0.5) is 5.82 Å². The first-order valence-electron chi connectivity index (χ1n) is 7.50. The summed E-state index contributed by atoms with van der Waals surface area (Å²) in [4.78, 5) is 24.2. The van der Waals surface area contributed by atoms with Crippen molar-refractivity contribution in [1.82, 2.24) is 9.78 Å². The molecule has 0 spiro atoms. The monoisotopic (exact) mass is 293 g/mol. The van der Waals surface area contributed by atoms with E-state index in [1.807, 2.05) is 0 Å². The molecule has 0 unspecified atom stereocenters. The molecule has 21 heavy (non-hydrogen) atoms. The predicted octanol–water partition coefficient (Wildman–Crippen LogP) is 2.38. The molecule has 1 fully saturated rings. The summed E-state index contributed by atoms with van der Waals surface area (Å²) in [6, 6.07) is 2.00. The van der Waals surface area contributed by atoms with Crippen LogP contribution in [0.1, 0.15) is 45.6 Å². The van der Waals surface area contributed by atoms with Crippen LogP contribution in [0.25, 0.3) is 0 Å². The van der Waals surface area contributed by atoms with E-state index >= 15 is 0 Å². The first-order chi connectivity index (χ1) is 10.1. The quantitative estimate of drug-likeness (QED) is 0.846. The summed E-state index contributed by atoms with van der Waals surface area (Å²) in [6.45, 7) is 4.12. The van der Waals surface area contributed by atoms with Gasteiger partial charge >= 0.3 is 5.97 Å². The summed E-state index contributed by atoms with van der Waals surface area (Å²) >= 11 is 0. The van der Waals surface area contributed by atoms with Crippen molar-refractivity contribution in [2.24, 2.45) is 11.8 Å². The van der Waals surface area contributed by atoms with Gasteiger partial charge in [-0.05, 0) is 26.2 Å². The van der Waals surface area contributed by atoms with Crippen LogP contribution in [-0.2, 0) is 14.3 Å². The maximum Gasteiger partial charge on any atom is 0.309 e. The van der Waals surface area contributed by atoms with E-state index < -0.39 is 0 Å². The van der Waals surface area contributed by atoms with Gasteiger partial charge in [0.2, 0.25) is 5.91 Å². The number of ether oxygens (including phenoxy) is 1. The van der Waals surface area contributed by atoms with Crippen molar-refractivity contribution in [3.63, 3.8) is 0 Å². The number of amides is 1. The normalized spacial score (nSPS) is 22.8. The molecule has 1 aromatic heterocycles. The van der Waals surface area contributed by atoms with E-state index in [2.05, 4.69) is 24.3 Å². The van der Waals surface area contributed by atoms with Crippen LogP contribution in [0.3, 0.4) is 0 Å². The number of carbonyl (C=O) groups is 2. The summed E-state index contributed by atoms with van der Waals surface area (Å²) in [5, 5.41) is 7.16. The highest BCUT2D eigenvalue weighted by Gasteiger charge is 2.38. The van der Waals surface area contributed by atoms with E-state index in [0.29, 0.717) is 5.82 Å². The molecule has 1 aliphatic carbocycles. The molecule has 0 aliphatic heterocycles. The van der Waals surface area contributed by atoms with E-state index in [4.69, 9.17) is 4.74 Å². The van der Waals surface area contributed by atoms with E-state index in [0.717, 1.165) is 25.7 Å². The van der Waals surface area contributed by atoms with Gasteiger partial charge in [-0.25, -0.2) is 4.68 Å². The number of hydrogen-bond donors (Lipinski definition) is 1. The highest BCUT2D eigenvalue weighted by Crippen LogP contribution is 2.33. The number of rotatable bonds is 5. The molecule has 1 heterocycles. The van der Waals surface area contributed by atoms with Gasteiger partial charge in [-0.3, -0.25) is 9.59 Å². The first kappa shape index (κ1) is 15.5. The van der Waals surface area contributed by atoms with Crippen LogP contribution in [0.2, 0.25) is 0 Å². The Hall–Kier alpha value is -1.85. The summed E-state index contributed by atoms with van der Waals surface area (Å²) in [7, 11) is 1.37. The van der Waals surface area contributed by atoms with Gasteiger partial charge in [0.1, 0.15) is 5.82 Å². The largest absolute Gasteiger partial charge is 0.469 e. The van der Waals surface area contributed by atoms with Gasteiger partial charge in [0.25, 0.3) is 0 Å². The number of esters is 1. The molecule has 6 heteroatoms. The Balaban J connectivity index is 2.08. The van der Waals surface area contributed by atoms with Gasteiger partial charge in [-0.1, -0.05) is 13.3 Å². The molecule has 0 radical (unpaired) electrons. The summed E-state index contributed by atoms with van der Waals surface area (Å²) < 4.78 is 6.60. The highest BCUT2D eigenvalue weighted by atomic mass is 16.5. The van der Waals surface area contributed by atoms with Gasteiger partial charge < -0.3 is 10.1 Å². The maximum absolute atomic E-state index is 12.4. The molecule has 1 N–H and O–H groups in total. The third-order valence-corrected chi connectivity index (χ3v) is 4.29. The van der Waals surface area contributed by atoms with E-state index in [1.54, 1.807) is 16.9 Å². The van der Waals surface area contributed by atoms with Crippen molar-refractivity contribution < 1.29 is 14.3 Å². The molecule has 6 nitrogen and oxygen atoms in total. The van der Waals surface area contributed by atoms with E-state index in [1.165, 1.54) is 7.11 Å². The number of hydrogen-bond acceptors (Lipinski definition) is 4. The van der Waals surface area contributed by atoms with Crippen LogP contribution < -0.4 is 5.32 Å². The minimum atomic E-state index is -0.324. The Morgan fingerprint density at radius 1 is 1.48 bits per heavy atom. The zero-order valence-corrected chi connectivity index (χ0v) is 12.8. The zero-order valence-electron chi connectivity index (χ0n) is 12.8. The molecule has 116 valence electrons. The smallest absolute Gasteiger partial charge is 0.309 e. The van der Waals surface area contributed by atoms with Crippen LogP contribution >= 0.6 is 0 Å². The fourth-order valence-corrected chi connectivity index (χ4v) is 2.86. The number of aromatic nitrogens is 2. The number of carbonyl (C=O) groups excluding carboxylic acids is 2. The minimum Gasteiger partial charge on any atom is -0.469 e. The molecule has 1 amide bonds. The van der Waals surface area contributed by atoms with Gasteiger partial charge in [0.05, 0.1) is 31.2 Å². The van der Waals surface area contributed by atoms with Gasteiger partial charge in [-0.15, -0.1) is 0 Å². The maximum atomic E-state index is 12.4. The molecular formula is C15H23N3O3. The molecule has 2 rings (SSSR count). The Morgan fingerprint density at radius 3 is 2.86 bits per heavy atom. The van der Waals surface area contributed by atoms with Crippen molar-refractivity contribution in [2.45, 2.75) is 45.6 Å².